The van der Waals surface area contributed by atoms with Crippen LogP contribution in [0.25, 0.3) is 10.9 Å². The summed E-state index contributed by atoms with van der Waals surface area (Å²) in [5.74, 6) is 0.771. The Bertz CT molecular complexity index is 498. The molecule has 3 rings (SSSR count). The van der Waals surface area contributed by atoms with Gasteiger partial charge in [-0.25, -0.2) is 0 Å². The van der Waals surface area contributed by atoms with Crippen molar-refractivity contribution in [2.24, 2.45) is 5.92 Å². The molecular weight excluding hydrogens is 220 g/mol. The number of aromatic nitrogens is 1. The third-order valence-electron chi connectivity index (χ3n) is 3.42. The van der Waals surface area contributed by atoms with E-state index < -0.39 is 0 Å². The molecule has 1 aliphatic rings. The van der Waals surface area contributed by atoms with Crippen LogP contribution in [0, 0.1) is 5.92 Å². The largest absolute Gasteiger partial charge is 0.360 e. The normalized spacial score (nSPS) is 20.7. The van der Waals surface area contributed by atoms with E-state index in [4.69, 9.17) is 11.6 Å². The molecule has 1 aromatic carbocycles. The van der Waals surface area contributed by atoms with Crippen LogP contribution in [-0.4, -0.2) is 18.1 Å². The van der Waals surface area contributed by atoms with E-state index in [1.165, 1.54) is 17.5 Å². The Morgan fingerprint density at radius 3 is 3.12 bits per heavy atom. The molecule has 1 fully saturated rings. The summed E-state index contributed by atoms with van der Waals surface area (Å²) in [6.45, 7) is 2.30. The van der Waals surface area contributed by atoms with Crippen molar-refractivity contribution in [3.8, 4) is 0 Å². The van der Waals surface area contributed by atoms with Crippen LogP contribution in [0.3, 0.4) is 0 Å². The molecule has 84 valence electrons. The predicted molar refractivity (Wildman–Crippen MR) is 68.0 cm³/mol. The van der Waals surface area contributed by atoms with Gasteiger partial charge in [-0.15, -0.1) is 0 Å². The molecule has 2 aromatic rings. The van der Waals surface area contributed by atoms with Crippen LogP contribution >= 0.6 is 11.6 Å². The molecule has 0 aliphatic carbocycles. The average molecular weight is 235 g/mol. The highest BCUT2D eigenvalue weighted by atomic mass is 35.5. The fourth-order valence-corrected chi connectivity index (χ4v) is 2.76. The minimum atomic E-state index is 0.771. The fraction of sp³-hybridized carbons (Fsp3) is 0.385. The maximum atomic E-state index is 6.12. The molecule has 2 heterocycles. The van der Waals surface area contributed by atoms with Crippen molar-refractivity contribution in [3.63, 3.8) is 0 Å². The molecule has 16 heavy (non-hydrogen) atoms. The van der Waals surface area contributed by atoms with Crippen molar-refractivity contribution >= 4 is 22.5 Å². The maximum Gasteiger partial charge on any atom is 0.0659 e. The minimum Gasteiger partial charge on any atom is -0.360 e. The zero-order valence-corrected chi connectivity index (χ0v) is 9.85. The number of halogens is 1. The average Bonchev–Trinajstić information content (AvgIpc) is 2.90. The van der Waals surface area contributed by atoms with Gasteiger partial charge in [-0.3, -0.25) is 0 Å². The first-order valence-electron chi connectivity index (χ1n) is 5.80. The lowest BCUT2D eigenvalue weighted by Gasteiger charge is -2.09. The van der Waals surface area contributed by atoms with Crippen LogP contribution in [0.5, 0.6) is 0 Å². The number of aromatic amines is 1. The summed E-state index contributed by atoms with van der Waals surface area (Å²) in [5.41, 5.74) is 2.59. The molecule has 2 nitrogen and oxygen atoms in total. The van der Waals surface area contributed by atoms with Crippen LogP contribution in [0.1, 0.15) is 12.0 Å². The van der Waals surface area contributed by atoms with E-state index in [1.54, 1.807) is 0 Å². The Morgan fingerprint density at radius 2 is 2.31 bits per heavy atom. The van der Waals surface area contributed by atoms with Crippen molar-refractivity contribution in [1.82, 2.24) is 10.3 Å². The lowest BCUT2D eigenvalue weighted by molar-refractivity contribution is 0.582. The summed E-state index contributed by atoms with van der Waals surface area (Å²) in [6.07, 6.45) is 4.30. The highest BCUT2D eigenvalue weighted by molar-refractivity contribution is 6.35. The van der Waals surface area contributed by atoms with Crippen LogP contribution in [0.2, 0.25) is 5.02 Å². The van der Waals surface area contributed by atoms with Crippen LogP contribution < -0.4 is 5.32 Å². The Kier molecular flexibility index (Phi) is 2.62. The molecule has 3 heteroatoms. The quantitative estimate of drug-likeness (QED) is 0.822. The molecular formula is C13H15ClN2. The Labute approximate surface area is 100.0 Å². The summed E-state index contributed by atoms with van der Waals surface area (Å²) in [5, 5.41) is 5.37. The summed E-state index contributed by atoms with van der Waals surface area (Å²) in [7, 11) is 0. The lowest BCUT2D eigenvalue weighted by Crippen LogP contribution is -2.10. The summed E-state index contributed by atoms with van der Waals surface area (Å²) in [4.78, 5) is 3.28. The molecule has 1 atom stereocenters. The second-order valence-electron chi connectivity index (χ2n) is 4.54. The smallest absolute Gasteiger partial charge is 0.0659 e. The molecule has 0 radical (unpaired) electrons. The van der Waals surface area contributed by atoms with Crippen molar-refractivity contribution in [3.05, 3.63) is 35.0 Å². The number of fused-ring (bicyclic) bond motifs is 1. The first kappa shape index (κ1) is 10.2. The maximum absolute atomic E-state index is 6.12. The second kappa shape index (κ2) is 4.11. The number of H-pyrrole nitrogens is 1. The standard InChI is InChI=1S/C13H15ClN2/c14-12-8-16-13-10(2-1-3-11(12)13)6-9-4-5-15-7-9/h1-3,8-9,15-16H,4-7H2. The van der Waals surface area contributed by atoms with Crippen molar-refractivity contribution in [2.45, 2.75) is 12.8 Å². The number of hydrogen-bond acceptors (Lipinski definition) is 1. The van der Waals surface area contributed by atoms with E-state index in [-0.39, 0.29) is 0 Å². The number of rotatable bonds is 2. The minimum absolute atomic E-state index is 0.771. The van der Waals surface area contributed by atoms with Gasteiger partial charge in [-0.2, -0.15) is 0 Å². The Balaban J connectivity index is 1.96. The fourth-order valence-electron chi connectivity index (χ4n) is 2.55. The van der Waals surface area contributed by atoms with Crippen LogP contribution in [0.4, 0.5) is 0 Å². The molecule has 0 bridgehead atoms. The van der Waals surface area contributed by atoms with Crippen molar-refractivity contribution in [1.29, 1.82) is 0 Å². The first-order chi connectivity index (χ1) is 7.84. The molecule has 2 N–H and O–H groups in total. The molecule has 1 saturated heterocycles. The molecule has 0 saturated carbocycles. The topological polar surface area (TPSA) is 27.8 Å². The van der Waals surface area contributed by atoms with E-state index in [9.17, 15) is 0 Å². The van der Waals surface area contributed by atoms with Crippen molar-refractivity contribution < 1.29 is 0 Å². The molecule has 0 amide bonds. The SMILES string of the molecule is Clc1c[nH]c2c(CC3CCNC3)cccc12. The van der Waals surface area contributed by atoms with Gasteiger partial charge in [0, 0.05) is 11.6 Å². The third kappa shape index (κ3) is 1.72. The number of nitrogens with one attached hydrogen (secondary N) is 2. The van der Waals surface area contributed by atoms with Gasteiger partial charge in [-0.1, -0.05) is 29.8 Å². The number of para-hydroxylation sites is 1. The number of benzene rings is 1. The van der Waals surface area contributed by atoms with Crippen molar-refractivity contribution in [2.75, 3.05) is 13.1 Å². The monoisotopic (exact) mass is 234 g/mol. The highest BCUT2D eigenvalue weighted by Crippen LogP contribution is 2.27. The van der Waals surface area contributed by atoms with Crippen LogP contribution in [0.15, 0.2) is 24.4 Å². The Hall–Kier alpha value is -0.990. The Morgan fingerprint density at radius 1 is 1.38 bits per heavy atom. The van der Waals surface area contributed by atoms with Crippen LogP contribution in [-0.2, 0) is 6.42 Å². The summed E-state index contributed by atoms with van der Waals surface area (Å²) < 4.78 is 0. The van der Waals surface area contributed by atoms with Gasteiger partial charge >= 0.3 is 0 Å². The molecule has 1 unspecified atom stereocenters. The zero-order chi connectivity index (χ0) is 11.0. The van der Waals surface area contributed by atoms with E-state index in [0.29, 0.717) is 0 Å². The third-order valence-corrected chi connectivity index (χ3v) is 3.73. The van der Waals surface area contributed by atoms with E-state index in [0.717, 1.165) is 35.8 Å². The van der Waals surface area contributed by atoms with E-state index >= 15 is 0 Å². The van der Waals surface area contributed by atoms with E-state index in [2.05, 4.69) is 28.5 Å². The molecule has 0 spiro atoms. The van der Waals surface area contributed by atoms with E-state index in [1.807, 2.05) is 6.20 Å². The number of hydrogen-bond donors (Lipinski definition) is 2. The van der Waals surface area contributed by atoms with Gasteiger partial charge in [0.1, 0.15) is 0 Å². The van der Waals surface area contributed by atoms with Gasteiger partial charge in [0.25, 0.3) is 0 Å². The lowest BCUT2D eigenvalue weighted by atomic mass is 9.97. The molecule has 1 aliphatic heterocycles. The van der Waals surface area contributed by atoms with Gasteiger partial charge in [0.2, 0.25) is 0 Å². The predicted octanol–water partition coefficient (Wildman–Crippen LogP) is 2.97. The van der Waals surface area contributed by atoms with Gasteiger partial charge < -0.3 is 10.3 Å². The first-order valence-corrected chi connectivity index (χ1v) is 6.17. The second-order valence-corrected chi connectivity index (χ2v) is 4.95. The molecule has 1 aromatic heterocycles. The summed E-state index contributed by atoms with van der Waals surface area (Å²) >= 11 is 6.12. The van der Waals surface area contributed by atoms with Gasteiger partial charge in [0.05, 0.1) is 10.5 Å². The zero-order valence-electron chi connectivity index (χ0n) is 9.09. The van der Waals surface area contributed by atoms with Gasteiger partial charge in [0.15, 0.2) is 0 Å². The summed E-state index contributed by atoms with van der Waals surface area (Å²) in [6, 6.07) is 6.37. The van der Waals surface area contributed by atoms with Gasteiger partial charge in [-0.05, 0) is 37.4 Å². The highest BCUT2D eigenvalue weighted by Gasteiger charge is 2.16.